The van der Waals surface area contributed by atoms with Crippen LogP contribution < -0.4 is 14.7 Å². The minimum atomic E-state index is -3.17. The highest BCUT2D eigenvalue weighted by molar-refractivity contribution is 7.99. The molecule has 3 aliphatic heterocycles. The second-order valence-corrected chi connectivity index (χ2v) is 9.30. The van der Waals surface area contributed by atoms with Gasteiger partial charge in [0, 0.05) is 36.2 Å². The number of nitriles is 1. The third kappa shape index (κ3) is 4.21. The van der Waals surface area contributed by atoms with Crippen LogP contribution in [0.15, 0.2) is 41.4 Å². The fourth-order valence-electron chi connectivity index (χ4n) is 4.61. The zero-order chi connectivity index (χ0) is 23.7. The Morgan fingerprint density at radius 3 is 2.97 bits per heavy atom. The van der Waals surface area contributed by atoms with Crippen LogP contribution in [0.4, 0.5) is 31.5 Å². The lowest BCUT2D eigenvalue weighted by atomic mass is 10.0. The fourth-order valence-corrected chi connectivity index (χ4v) is 5.70. The number of morpholine rings is 1. The lowest BCUT2D eigenvalue weighted by molar-refractivity contribution is -0.240. The molecular formula is C24H23F2N5O2S. The highest BCUT2D eigenvalue weighted by Crippen LogP contribution is 2.43. The number of carbonyl (C=O) groups is 1. The Hall–Kier alpha value is -3.16. The van der Waals surface area contributed by atoms with E-state index < -0.39 is 12.7 Å². The van der Waals surface area contributed by atoms with Crippen molar-refractivity contribution < 1.29 is 18.3 Å². The van der Waals surface area contributed by atoms with Crippen LogP contribution in [0, 0.1) is 11.3 Å². The van der Waals surface area contributed by atoms with Crippen molar-refractivity contribution in [2.24, 2.45) is 4.99 Å². The second kappa shape index (κ2) is 9.24. The number of nitrogens with zero attached hydrogens (tertiary/aromatic N) is 5. The van der Waals surface area contributed by atoms with Gasteiger partial charge in [0.25, 0.3) is 0 Å². The highest BCUT2D eigenvalue weighted by atomic mass is 32.2. The summed E-state index contributed by atoms with van der Waals surface area (Å²) in [4.78, 5) is 21.7. The predicted octanol–water partition coefficient (Wildman–Crippen LogP) is 3.79. The van der Waals surface area contributed by atoms with E-state index in [2.05, 4.69) is 20.7 Å². The van der Waals surface area contributed by atoms with E-state index in [0.717, 1.165) is 34.5 Å². The van der Waals surface area contributed by atoms with Crippen LogP contribution in [0.25, 0.3) is 0 Å². The average Bonchev–Trinajstić information content (AvgIpc) is 3.31. The first-order valence-electron chi connectivity index (χ1n) is 11.0. The van der Waals surface area contributed by atoms with Crippen molar-refractivity contribution >= 4 is 47.0 Å². The number of aldehydes is 1. The maximum atomic E-state index is 13.8. The van der Waals surface area contributed by atoms with Gasteiger partial charge in [0.15, 0.2) is 0 Å². The van der Waals surface area contributed by atoms with Crippen LogP contribution in [0.5, 0.6) is 0 Å². The van der Waals surface area contributed by atoms with E-state index in [1.165, 1.54) is 0 Å². The van der Waals surface area contributed by atoms with Crippen molar-refractivity contribution in [2.45, 2.75) is 18.6 Å². The Bertz CT molecular complexity index is 1170. The molecule has 0 amide bonds. The van der Waals surface area contributed by atoms with Gasteiger partial charge >= 0.3 is 6.11 Å². The Morgan fingerprint density at radius 1 is 1.29 bits per heavy atom. The number of fused-ring (bicyclic) bond motifs is 1. The number of anilines is 4. The number of hydrogen-bond donors (Lipinski definition) is 0. The summed E-state index contributed by atoms with van der Waals surface area (Å²) >= 11 is 1.69. The number of rotatable bonds is 5. The number of benzene rings is 2. The molecule has 0 radical (unpaired) electrons. The molecule has 0 spiro atoms. The molecule has 0 unspecified atom stereocenters. The van der Waals surface area contributed by atoms with Gasteiger partial charge in [0.1, 0.15) is 25.5 Å². The van der Waals surface area contributed by atoms with Crippen molar-refractivity contribution in [3.05, 3.63) is 47.5 Å². The number of aliphatic imine (C=N–C) groups is 1. The van der Waals surface area contributed by atoms with Crippen molar-refractivity contribution in [1.82, 2.24) is 0 Å². The summed E-state index contributed by atoms with van der Waals surface area (Å²) in [6, 6.07) is 13.5. The standard InChI is InChI=1S/C24H23F2N5O2S/c25-24(26)14-29(7-9-33-24)19-4-5-21-18(10-19)12-28-15-30(21)22-3-1-2-17(6-8-32)23(22)31-16-34-13-20(31)11-27/h1-5,8,10,12,20H,6-7,9,13-16H2/t20-/m1/s1. The summed E-state index contributed by atoms with van der Waals surface area (Å²) in [5.41, 5.74) is 4.99. The third-order valence-corrected chi connectivity index (χ3v) is 7.19. The summed E-state index contributed by atoms with van der Waals surface area (Å²) in [6.07, 6.45) is -0.295. The molecule has 176 valence electrons. The van der Waals surface area contributed by atoms with Crippen LogP contribution in [0.1, 0.15) is 11.1 Å². The SMILES string of the molecule is N#C[C@@H]1CSCN1c1c(CC=O)cccc1N1CN=Cc2cc(N3CCOC(F)(F)C3)ccc21. The van der Waals surface area contributed by atoms with Crippen molar-refractivity contribution in [2.75, 3.05) is 52.7 Å². The Labute approximate surface area is 200 Å². The normalized spacial score (nSPS) is 21.3. The molecular weight excluding hydrogens is 460 g/mol. The van der Waals surface area contributed by atoms with Gasteiger partial charge in [-0.2, -0.15) is 14.0 Å². The minimum Gasteiger partial charge on any atom is -0.360 e. The fraction of sp³-hybridized carbons (Fsp3) is 0.375. The first kappa shape index (κ1) is 22.6. The van der Waals surface area contributed by atoms with Crippen LogP contribution in [-0.2, 0) is 16.0 Å². The highest BCUT2D eigenvalue weighted by Gasteiger charge is 2.37. The van der Waals surface area contributed by atoms with Crippen LogP contribution in [0.3, 0.4) is 0 Å². The van der Waals surface area contributed by atoms with E-state index in [9.17, 15) is 18.8 Å². The molecule has 2 aromatic carbocycles. The molecule has 1 atom stereocenters. The molecule has 0 saturated carbocycles. The summed E-state index contributed by atoms with van der Waals surface area (Å²) in [5.74, 6) is 1.36. The molecule has 10 heteroatoms. The Morgan fingerprint density at radius 2 is 2.18 bits per heavy atom. The third-order valence-electron chi connectivity index (χ3n) is 6.18. The number of halogens is 2. The van der Waals surface area contributed by atoms with Gasteiger partial charge in [-0.05, 0) is 29.8 Å². The molecule has 3 heterocycles. The van der Waals surface area contributed by atoms with Gasteiger partial charge in [-0.15, -0.1) is 11.8 Å². The maximum Gasteiger partial charge on any atom is 0.373 e. The largest absolute Gasteiger partial charge is 0.373 e. The molecule has 2 saturated heterocycles. The lowest BCUT2D eigenvalue weighted by Gasteiger charge is -2.36. The summed E-state index contributed by atoms with van der Waals surface area (Å²) < 4.78 is 32.1. The van der Waals surface area contributed by atoms with Gasteiger partial charge in [0.2, 0.25) is 0 Å². The molecule has 7 nitrogen and oxygen atoms in total. The van der Waals surface area contributed by atoms with Crippen molar-refractivity contribution in [3.8, 4) is 6.07 Å². The topological polar surface area (TPSA) is 72.2 Å². The van der Waals surface area contributed by atoms with Crippen molar-refractivity contribution in [1.29, 1.82) is 5.26 Å². The molecule has 0 bridgehead atoms. The number of carbonyl (C=O) groups excluding carboxylic acids is 1. The molecule has 0 aromatic heterocycles. The second-order valence-electron chi connectivity index (χ2n) is 8.30. The minimum absolute atomic E-state index is 0.0366. The average molecular weight is 484 g/mol. The summed E-state index contributed by atoms with van der Waals surface area (Å²) in [7, 11) is 0. The van der Waals surface area contributed by atoms with Crippen LogP contribution in [-0.4, -0.2) is 62.6 Å². The lowest BCUT2D eigenvalue weighted by Crippen LogP contribution is -2.46. The molecule has 3 aliphatic rings. The number of para-hydroxylation sites is 1. The van der Waals surface area contributed by atoms with Crippen molar-refractivity contribution in [3.63, 3.8) is 0 Å². The molecule has 2 fully saturated rings. The molecule has 5 rings (SSSR count). The van der Waals surface area contributed by atoms with Gasteiger partial charge in [-0.1, -0.05) is 12.1 Å². The Balaban J connectivity index is 1.54. The van der Waals surface area contributed by atoms with Gasteiger partial charge in [-0.3, -0.25) is 4.99 Å². The van der Waals surface area contributed by atoms with E-state index >= 15 is 0 Å². The van der Waals surface area contributed by atoms with E-state index in [4.69, 9.17) is 0 Å². The monoisotopic (exact) mass is 483 g/mol. The van der Waals surface area contributed by atoms with E-state index in [1.807, 2.05) is 41.3 Å². The predicted molar refractivity (Wildman–Crippen MR) is 130 cm³/mol. The molecule has 34 heavy (non-hydrogen) atoms. The maximum absolute atomic E-state index is 13.8. The zero-order valence-electron chi connectivity index (χ0n) is 18.4. The molecule has 0 aliphatic carbocycles. The molecule has 0 N–H and O–H groups in total. The van der Waals surface area contributed by atoms with E-state index in [1.54, 1.807) is 22.9 Å². The zero-order valence-corrected chi connectivity index (χ0v) is 19.2. The number of hydrogen-bond acceptors (Lipinski definition) is 8. The first-order chi connectivity index (χ1) is 16.5. The molecule has 2 aromatic rings. The quantitative estimate of drug-likeness (QED) is 0.599. The van der Waals surface area contributed by atoms with E-state index in [0.29, 0.717) is 30.5 Å². The number of alkyl halides is 2. The number of ether oxygens (including phenoxy) is 1. The van der Waals surface area contributed by atoms with Gasteiger partial charge in [-0.25, -0.2) is 0 Å². The summed E-state index contributed by atoms with van der Waals surface area (Å²) in [6.45, 7) is 0.227. The van der Waals surface area contributed by atoms with Crippen LogP contribution >= 0.6 is 11.8 Å². The van der Waals surface area contributed by atoms with E-state index in [-0.39, 0.29) is 19.1 Å². The first-order valence-corrected chi connectivity index (χ1v) is 12.1. The van der Waals surface area contributed by atoms with Gasteiger partial charge < -0.3 is 24.2 Å². The smallest absolute Gasteiger partial charge is 0.360 e. The summed E-state index contributed by atoms with van der Waals surface area (Å²) in [5, 5.41) is 9.69. The number of thioether (sulfide) groups is 1. The van der Waals surface area contributed by atoms with Gasteiger partial charge in [0.05, 0.1) is 35.6 Å². The Kier molecular flexibility index (Phi) is 6.15. The van der Waals surface area contributed by atoms with Crippen LogP contribution in [0.2, 0.25) is 0 Å².